The molecule has 0 fully saturated rings. The summed E-state index contributed by atoms with van der Waals surface area (Å²) in [6, 6.07) is 3.76. The maximum Gasteiger partial charge on any atom is 0.231 e. The Kier molecular flexibility index (Phi) is 2.48. The molecule has 1 aromatic rings. The minimum atomic E-state index is 0.278. The van der Waals surface area contributed by atoms with E-state index in [1.54, 1.807) is 0 Å². The lowest BCUT2D eigenvalue weighted by atomic mass is 10.1. The van der Waals surface area contributed by atoms with Gasteiger partial charge in [0.15, 0.2) is 11.5 Å². The summed E-state index contributed by atoms with van der Waals surface area (Å²) < 4.78 is 11.4. The first-order valence-electron chi connectivity index (χ1n) is 4.19. The van der Waals surface area contributed by atoms with E-state index in [0.717, 1.165) is 27.1 Å². The molecule has 0 aliphatic carbocycles. The van der Waals surface area contributed by atoms with Gasteiger partial charge in [0.2, 0.25) is 6.79 Å². The first-order chi connectivity index (χ1) is 6.72. The largest absolute Gasteiger partial charge is 0.454 e. The zero-order valence-electron chi connectivity index (χ0n) is 7.55. The molecule has 2 rings (SSSR count). The molecule has 0 radical (unpaired) electrons. The van der Waals surface area contributed by atoms with E-state index in [1.165, 1.54) is 0 Å². The van der Waals surface area contributed by atoms with E-state index in [-0.39, 0.29) is 6.79 Å². The number of hydrogen-bond donors (Lipinski definition) is 1. The molecule has 0 unspecified atom stereocenters. The van der Waals surface area contributed by atoms with Crippen molar-refractivity contribution < 1.29 is 9.47 Å². The van der Waals surface area contributed by atoms with Crippen molar-refractivity contribution in [1.29, 1.82) is 0 Å². The summed E-state index contributed by atoms with van der Waals surface area (Å²) in [7, 11) is 0. The number of ether oxygens (including phenoxy) is 2. The van der Waals surface area contributed by atoms with E-state index >= 15 is 0 Å². The number of halogens is 1. The van der Waals surface area contributed by atoms with Crippen LogP contribution in [0.2, 0.25) is 0 Å². The second kappa shape index (κ2) is 3.63. The Balaban J connectivity index is 2.47. The standard InChI is InChI=1S/C10H10BrNO2/c1-6(4-12)7-2-9-10(3-8(7)11)14-5-13-9/h2-3H,1,4-5,12H2. The van der Waals surface area contributed by atoms with Crippen molar-refractivity contribution in [3.05, 3.63) is 28.7 Å². The lowest BCUT2D eigenvalue weighted by Gasteiger charge is -2.07. The number of hydrogen-bond acceptors (Lipinski definition) is 3. The molecule has 1 aliphatic rings. The third-order valence-electron chi connectivity index (χ3n) is 2.09. The molecule has 2 N–H and O–H groups in total. The maximum absolute atomic E-state index is 5.53. The molecule has 0 amide bonds. The second-order valence-corrected chi connectivity index (χ2v) is 3.85. The Labute approximate surface area is 90.6 Å². The summed E-state index contributed by atoms with van der Waals surface area (Å²) in [5.41, 5.74) is 7.37. The predicted octanol–water partition coefficient (Wildman–Crippen LogP) is 2.15. The van der Waals surface area contributed by atoms with Gasteiger partial charge in [-0.25, -0.2) is 0 Å². The molecule has 0 atom stereocenters. The number of nitrogens with two attached hydrogens (primary N) is 1. The van der Waals surface area contributed by atoms with Crippen LogP contribution >= 0.6 is 15.9 Å². The minimum absolute atomic E-state index is 0.278. The Hall–Kier alpha value is -1.00. The second-order valence-electron chi connectivity index (χ2n) is 2.99. The average Bonchev–Trinajstić information content (AvgIpc) is 2.62. The average molecular weight is 256 g/mol. The van der Waals surface area contributed by atoms with Crippen molar-refractivity contribution >= 4 is 21.5 Å². The van der Waals surface area contributed by atoms with Gasteiger partial charge >= 0.3 is 0 Å². The zero-order chi connectivity index (χ0) is 10.1. The van der Waals surface area contributed by atoms with Gasteiger partial charge < -0.3 is 15.2 Å². The Morgan fingerprint density at radius 1 is 1.43 bits per heavy atom. The SMILES string of the molecule is C=C(CN)c1cc2c(cc1Br)OCO2. The summed E-state index contributed by atoms with van der Waals surface area (Å²) in [5, 5.41) is 0. The lowest BCUT2D eigenvalue weighted by Crippen LogP contribution is -2.01. The molecule has 0 spiro atoms. The molecule has 1 heterocycles. The van der Waals surface area contributed by atoms with Gasteiger partial charge in [0.25, 0.3) is 0 Å². The number of rotatable bonds is 2. The summed E-state index contributed by atoms with van der Waals surface area (Å²) in [6.45, 7) is 4.59. The molecular weight excluding hydrogens is 246 g/mol. The van der Waals surface area contributed by atoms with E-state index in [2.05, 4.69) is 22.5 Å². The van der Waals surface area contributed by atoms with Gasteiger partial charge in [-0.1, -0.05) is 22.5 Å². The van der Waals surface area contributed by atoms with Crippen LogP contribution in [0.1, 0.15) is 5.56 Å². The van der Waals surface area contributed by atoms with Crippen LogP contribution < -0.4 is 15.2 Å². The zero-order valence-corrected chi connectivity index (χ0v) is 9.13. The highest BCUT2D eigenvalue weighted by Gasteiger charge is 2.16. The van der Waals surface area contributed by atoms with Gasteiger partial charge in [0.1, 0.15) is 0 Å². The Morgan fingerprint density at radius 2 is 2.07 bits per heavy atom. The maximum atomic E-state index is 5.53. The van der Waals surface area contributed by atoms with E-state index in [1.807, 2.05) is 12.1 Å². The van der Waals surface area contributed by atoms with Crippen LogP contribution in [0.5, 0.6) is 11.5 Å². The highest BCUT2D eigenvalue weighted by atomic mass is 79.9. The van der Waals surface area contributed by atoms with Crippen LogP contribution in [-0.4, -0.2) is 13.3 Å². The van der Waals surface area contributed by atoms with Gasteiger partial charge in [-0.15, -0.1) is 0 Å². The van der Waals surface area contributed by atoms with Crippen molar-refractivity contribution in [2.24, 2.45) is 5.73 Å². The minimum Gasteiger partial charge on any atom is -0.454 e. The molecule has 4 heteroatoms. The fourth-order valence-electron chi connectivity index (χ4n) is 1.30. The van der Waals surface area contributed by atoms with Crippen molar-refractivity contribution in [2.75, 3.05) is 13.3 Å². The van der Waals surface area contributed by atoms with Crippen LogP contribution in [0, 0.1) is 0 Å². The molecule has 0 aromatic heterocycles. The van der Waals surface area contributed by atoms with E-state index in [4.69, 9.17) is 15.2 Å². The van der Waals surface area contributed by atoms with Crippen molar-refractivity contribution in [3.63, 3.8) is 0 Å². The van der Waals surface area contributed by atoms with Crippen LogP contribution in [0.25, 0.3) is 5.57 Å². The van der Waals surface area contributed by atoms with Gasteiger partial charge in [0, 0.05) is 11.0 Å². The Bertz CT molecular complexity index is 390. The van der Waals surface area contributed by atoms with Crippen LogP contribution in [0.3, 0.4) is 0 Å². The highest BCUT2D eigenvalue weighted by Crippen LogP contribution is 2.38. The van der Waals surface area contributed by atoms with E-state index in [0.29, 0.717) is 6.54 Å². The lowest BCUT2D eigenvalue weighted by molar-refractivity contribution is 0.174. The Morgan fingerprint density at radius 3 is 2.71 bits per heavy atom. The molecule has 0 saturated heterocycles. The first-order valence-corrected chi connectivity index (χ1v) is 4.99. The third kappa shape index (κ3) is 1.51. The fourth-order valence-corrected chi connectivity index (χ4v) is 1.90. The molecule has 3 nitrogen and oxygen atoms in total. The van der Waals surface area contributed by atoms with Gasteiger partial charge in [0.05, 0.1) is 0 Å². The van der Waals surface area contributed by atoms with Crippen molar-refractivity contribution in [2.45, 2.75) is 0 Å². The van der Waals surface area contributed by atoms with Gasteiger partial charge in [-0.05, 0) is 23.3 Å². The van der Waals surface area contributed by atoms with Crippen LogP contribution in [0.15, 0.2) is 23.2 Å². The summed E-state index contributed by atoms with van der Waals surface area (Å²) in [5.74, 6) is 1.50. The van der Waals surface area contributed by atoms with E-state index in [9.17, 15) is 0 Å². The van der Waals surface area contributed by atoms with Crippen molar-refractivity contribution in [1.82, 2.24) is 0 Å². The normalized spacial score (nSPS) is 13.0. The summed E-state index contributed by atoms with van der Waals surface area (Å²) in [4.78, 5) is 0. The fraction of sp³-hybridized carbons (Fsp3) is 0.200. The summed E-state index contributed by atoms with van der Waals surface area (Å²) >= 11 is 3.44. The quantitative estimate of drug-likeness (QED) is 0.881. The molecule has 1 aliphatic heterocycles. The van der Waals surface area contributed by atoms with Gasteiger partial charge in [-0.2, -0.15) is 0 Å². The van der Waals surface area contributed by atoms with Gasteiger partial charge in [-0.3, -0.25) is 0 Å². The van der Waals surface area contributed by atoms with E-state index < -0.39 is 0 Å². The molecular formula is C10H10BrNO2. The predicted molar refractivity (Wildman–Crippen MR) is 58.4 cm³/mol. The number of fused-ring (bicyclic) bond motifs is 1. The summed E-state index contributed by atoms with van der Waals surface area (Å²) in [6.07, 6.45) is 0. The number of benzene rings is 1. The third-order valence-corrected chi connectivity index (χ3v) is 2.75. The first kappa shape index (κ1) is 9.55. The smallest absolute Gasteiger partial charge is 0.231 e. The topological polar surface area (TPSA) is 44.5 Å². The molecule has 0 saturated carbocycles. The van der Waals surface area contributed by atoms with Crippen LogP contribution in [0.4, 0.5) is 0 Å². The van der Waals surface area contributed by atoms with Crippen LogP contribution in [-0.2, 0) is 0 Å². The molecule has 0 bridgehead atoms. The molecule has 74 valence electrons. The molecule has 14 heavy (non-hydrogen) atoms. The van der Waals surface area contributed by atoms with Crippen molar-refractivity contribution in [3.8, 4) is 11.5 Å². The highest BCUT2D eigenvalue weighted by molar-refractivity contribution is 9.10. The molecule has 1 aromatic carbocycles. The monoisotopic (exact) mass is 255 g/mol.